The SMILES string of the molecule is CNc1cc(NC(C)(C)CC(N)=O)nc(C)n1. The van der Waals surface area contributed by atoms with Crippen LogP contribution in [-0.2, 0) is 4.79 Å². The van der Waals surface area contributed by atoms with Crippen LogP contribution in [0.15, 0.2) is 6.07 Å². The maximum absolute atomic E-state index is 10.9. The minimum Gasteiger partial charge on any atom is -0.373 e. The Bertz CT molecular complexity index is 416. The highest BCUT2D eigenvalue weighted by Crippen LogP contribution is 2.18. The molecule has 0 aliphatic heterocycles. The van der Waals surface area contributed by atoms with E-state index in [4.69, 9.17) is 5.73 Å². The fourth-order valence-corrected chi connectivity index (χ4v) is 1.59. The lowest BCUT2D eigenvalue weighted by molar-refractivity contribution is -0.118. The molecular weight excluding hydrogens is 218 g/mol. The van der Waals surface area contributed by atoms with Gasteiger partial charge < -0.3 is 16.4 Å². The molecule has 0 bridgehead atoms. The lowest BCUT2D eigenvalue weighted by Gasteiger charge is -2.25. The van der Waals surface area contributed by atoms with Gasteiger partial charge in [-0.2, -0.15) is 0 Å². The highest BCUT2D eigenvalue weighted by Gasteiger charge is 2.21. The van der Waals surface area contributed by atoms with Gasteiger partial charge in [0.1, 0.15) is 17.5 Å². The monoisotopic (exact) mass is 237 g/mol. The largest absolute Gasteiger partial charge is 0.373 e. The Morgan fingerprint density at radius 1 is 1.41 bits per heavy atom. The molecule has 1 amide bonds. The molecule has 0 spiro atoms. The van der Waals surface area contributed by atoms with Gasteiger partial charge in [-0.1, -0.05) is 0 Å². The Kier molecular flexibility index (Phi) is 3.88. The minimum absolute atomic E-state index is 0.241. The van der Waals surface area contributed by atoms with Gasteiger partial charge in [-0.05, 0) is 20.8 Å². The van der Waals surface area contributed by atoms with Crippen LogP contribution in [0.5, 0.6) is 0 Å². The van der Waals surface area contributed by atoms with Crippen molar-refractivity contribution in [1.82, 2.24) is 9.97 Å². The lowest BCUT2D eigenvalue weighted by Crippen LogP contribution is -2.36. The van der Waals surface area contributed by atoms with E-state index in [1.807, 2.05) is 20.8 Å². The van der Waals surface area contributed by atoms with E-state index in [0.29, 0.717) is 11.6 Å². The van der Waals surface area contributed by atoms with Crippen LogP contribution in [0.25, 0.3) is 0 Å². The van der Waals surface area contributed by atoms with Crippen LogP contribution < -0.4 is 16.4 Å². The summed E-state index contributed by atoms with van der Waals surface area (Å²) in [6.07, 6.45) is 0.241. The first-order valence-electron chi connectivity index (χ1n) is 5.42. The second-order valence-electron chi connectivity index (χ2n) is 4.59. The predicted molar refractivity (Wildman–Crippen MR) is 67.8 cm³/mol. The fraction of sp³-hybridized carbons (Fsp3) is 0.545. The first kappa shape index (κ1) is 13.2. The Labute approximate surface area is 101 Å². The zero-order valence-electron chi connectivity index (χ0n) is 10.7. The number of hydrogen-bond donors (Lipinski definition) is 3. The molecule has 0 fully saturated rings. The zero-order chi connectivity index (χ0) is 13.1. The van der Waals surface area contributed by atoms with E-state index in [1.54, 1.807) is 13.1 Å². The molecule has 1 rings (SSSR count). The van der Waals surface area contributed by atoms with Gasteiger partial charge in [-0.3, -0.25) is 4.79 Å². The van der Waals surface area contributed by atoms with Crippen LogP contribution in [0.2, 0.25) is 0 Å². The summed E-state index contributed by atoms with van der Waals surface area (Å²) in [6.45, 7) is 5.61. The van der Waals surface area contributed by atoms with Gasteiger partial charge in [-0.25, -0.2) is 9.97 Å². The highest BCUT2D eigenvalue weighted by atomic mass is 16.1. The number of rotatable bonds is 5. The molecule has 1 aromatic heterocycles. The Hall–Kier alpha value is -1.85. The van der Waals surface area contributed by atoms with Crippen LogP contribution in [0.1, 0.15) is 26.1 Å². The zero-order valence-corrected chi connectivity index (χ0v) is 10.7. The number of aryl methyl sites for hydroxylation is 1. The van der Waals surface area contributed by atoms with Crippen molar-refractivity contribution >= 4 is 17.5 Å². The summed E-state index contributed by atoms with van der Waals surface area (Å²) in [5.41, 5.74) is 4.76. The summed E-state index contributed by atoms with van der Waals surface area (Å²) in [5.74, 6) is 1.72. The molecule has 0 saturated carbocycles. The quantitative estimate of drug-likeness (QED) is 0.707. The molecule has 0 aliphatic rings. The first-order chi connectivity index (χ1) is 7.82. The van der Waals surface area contributed by atoms with Gasteiger partial charge in [0.2, 0.25) is 5.91 Å². The number of hydrogen-bond acceptors (Lipinski definition) is 5. The van der Waals surface area contributed by atoms with E-state index in [1.165, 1.54) is 0 Å². The third-order valence-corrected chi connectivity index (χ3v) is 2.18. The molecular formula is C11H19N5O. The van der Waals surface area contributed by atoms with E-state index in [2.05, 4.69) is 20.6 Å². The summed E-state index contributed by atoms with van der Waals surface area (Å²) in [5, 5.41) is 6.13. The van der Waals surface area contributed by atoms with E-state index in [9.17, 15) is 4.79 Å². The number of carbonyl (C=O) groups excluding carboxylic acids is 1. The molecule has 6 nitrogen and oxygen atoms in total. The van der Waals surface area contributed by atoms with Gasteiger partial charge in [0.05, 0.1) is 0 Å². The topological polar surface area (TPSA) is 92.9 Å². The van der Waals surface area contributed by atoms with Crippen LogP contribution in [0.4, 0.5) is 11.6 Å². The molecule has 0 aromatic carbocycles. The molecule has 0 aliphatic carbocycles. The van der Waals surface area contributed by atoms with Crippen LogP contribution in [0.3, 0.4) is 0 Å². The lowest BCUT2D eigenvalue weighted by atomic mass is 10.0. The standard InChI is InChI=1S/C11H19N5O/c1-7-14-9(13-4)5-10(15-7)16-11(2,3)6-8(12)17/h5H,6H2,1-4H3,(H2,12,17)(H2,13,14,15,16). The van der Waals surface area contributed by atoms with Crippen molar-refractivity contribution in [2.45, 2.75) is 32.7 Å². The van der Waals surface area contributed by atoms with E-state index >= 15 is 0 Å². The van der Waals surface area contributed by atoms with Crippen LogP contribution >= 0.6 is 0 Å². The van der Waals surface area contributed by atoms with Crippen molar-refractivity contribution < 1.29 is 4.79 Å². The molecule has 1 aromatic rings. The Morgan fingerprint density at radius 2 is 2.00 bits per heavy atom. The summed E-state index contributed by atoms with van der Waals surface area (Å²) in [4.78, 5) is 19.4. The van der Waals surface area contributed by atoms with Crippen molar-refractivity contribution in [2.75, 3.05) is 17.7 Å². The van der Waals surface area contributed by atoms with Gasteiger partial charge in [0.15, 0.2) is 0 Å². The summed E-state index contributed by atoms with van der Waals surface area (Å²) in [7, 11) is 1.79. The second kappa shape index (κ2) is 4.99. The van der Waals surface area contributed by atoms with Crippen molar-refractivity contribution in [3.05, 3.63) is 11.9 Å². The maximum Gasteiger partial charge on any atom is 0.219 e. The number of nitrogens with zero attached hydrogens (tertiary/aromatic N) is 2. The average molecular weight is 237 g/mol. The Morgan fingerprint density at radius 3 is 2.53 bits per heavy atom. The molecule has 6 heteroatoms. The van der Waals surface area contributed by atoms with Gasteiger partial charge in [-0.15, -0.1) is 0 Å². The highest BCUT2D eigenvalue weighted by molar-refractivity contribution is 5.75. The van der Waals surface area contributed by atoms with Gasteiger partial charge in [0.25, 0.3) is 0 Å². The van der Waals surface area contributed by atoms with Crippen molar-refractivity contribution in [1.29, 1.82) is 0 Å². The molecule has 94 valence electrons. The molecule has 4 N–H and O–H groups in total. The number of amides is 1. The first-order valence-corrected chi connectivity index (χ1v) is 5.42. The molecule has 0 radical (unpaired) electrons. The number of carbonyl (C=O) groups is 1. The smallest absolute Gasteiger partial charge is 0.219 e. The fourth-order valence-electron chi connectivity index (χ4n) is 1.59. The van der Waals surface area contributed by atoms with E-state index < -0.39 is 5.54 Å². The van der Waals surface area contributed by atoms with Crippen molar-refractivity contribution in [3.8, 4) is 0 Å². The predicted octanol–water partition coefficient (Wildman–Crippen LogP) is 0.893. The summed E-state index contributed by atoms with van der Waals surface area (Å²) >= 11 is 0. The van der Waals surface area contributed by atoms with Crippen LogP contribution in [-0.4, -0.2) is 28.5 Å². The minimum atomic E-state index is -0.433. The number of anilines is 2. The second-order valence-corrected chi connectivity index (χ2v) is 4.59. The number of nitrogens with one attached hydrogen (secondary N) is 2. The van der Waals surface area contributed by atoms with Crippen molar-refractivity contribution in [2.24, 2.45) is 5.73 Å². The van der Waals surface area contributed by atoms with Crippen molar-refractivity contribution in [3.63, 3.8) is 0 Å². The van der Waals surface area contributed by atoms with E-state index in [-0.39, 0.29) is 12.3 Å². The molecule has 0 saturated heterocycles. The number of primary amides is 1. The molecule has 17 heavy (non-hydrogen) atoms. The number of nitrogens with two attached hydrogens (primary N) is 1. The number of aromatic nitrogens is 2. The van der Waals surface area contributed by atoms with Crippen LogP contribution in [0, 0.1) is 6.92 Å². The summed E-state index contributed by atoms with van der Waals surface area (Å²) in [6, 6.07) is 1.79. The van der Waals surface area contributed by atoms with E-state index in [0.717, 1.165) is 5.82 Å². The maximum atomic E-state index is 10.9. The summed E-state index contributed by atoms with van der Waals surface area (Å²) < 4.78 is 0. The average Bonchev–Trinajstić information content (AvgIpc) is 2.13. The van der Waals surface area contributed by atoms with Gasteiger partial charge in [0, 0.05) is 25.1 Å². The normalized spacial score (nSPS) is 11.1. The van der Waals surface area contributed by atoms with Gasteiger partial charge >= 0.3 is 0 Å². The third-order valence-electron chi connectivity index (χ3n) is 2.18. The molecule has 0 atom stereocenters. The Balaban J connectivity index is 2.87. The molecule has 0 unspecified atom stereocenters. The molecule has 1 heterocycles. The third kappa shape index (κ3) is 4.26.